The lowest BCUT2D eigenvalue weighted by atomic mass is 9.94. The van der Waals surface area contributed by atoms with Crippen molar-refractivity contribution < 1.29 is 4.57 Å². The van der Waals surface area contributed by atoms with Crippen LogP contribution in [0.5, 0.6) is 0 Å². The van der Waals surface area contributed by atoms with E-state index in [-0.39, 0.29) is 0 Å². The average molecular weight is 398 g/mol. The molecule has 4 nitrogen and oxygen atoms in total. The van der Waals surface area contributed by atoms with Gasteiger partial charge < -0.3 is 0 Å². The van der Waals surface area contributed by atoms with Crippen molar-refractivity contribution in [3.8, 4) is 11.3 Å². The normalized spacial score (nSPS) is 16.1. The van der Waals surface area contributed by atoms with Crippen LogP contribution in [0, 0.1) is 20.8 Å². The summed E-state index contributed by atoms with van der Waals surface area (Å²) in [4.78, 5) is 14.3. The highest BCUT2D eigenvalue weighted by Crippen LogP contribution is 2.37. The number of hydrogen-bond acceptors (Lipinski definition) is 3. The summed E-state index contributed by atoms with van der Waals surface area (Å²) in [6.45, 7) is 6.58. The van der Waals surface area contributed by atoms with Crippen LogP contribution in [0.1, 0.15) is 70.9 Å². The smallest absolute Gasteiger partial charge is 0.257 e. The van der Waals surface area contributed by atoms with E-state index in [0.717, 1.165) is 23.5 Å². The molecule has 152 valence electrons. The second-order valence-electron chi connectivity index (χ2n) is 8.98. The van der Waals surface area contributed by atoms with E-state index in [9.17, 15) is 0 Å². The van der Waals surface area contributed by atoms with Gasteiger partial charge in [0.25, 0.3) is 6.33 Å². The number of nitrogens with zero attached hydrogens (tertiary/aromatic N) is 4. The standard InChI is InChI=1S/C26H29N4/c1-16-9-17(2)18(3)21(10-16)26-22-11-20(12-23(22)29-15-30(26)4)25-14-27-24(13-28-25)19-7-5-6-8-19/h9-10,12-15,19H,5-8,11H2,1-4H3/q+1. The van der Waals surface area contributed by atoms with Crippen molar-refractivity contribution in [1.82, 2.24) is 15.0 Å². The van der Waals surface area contributed by atoms with Crippen molar-refractivity contribution in [3.63, 3.8) is 0 Å². The zero-order valence-electron chi connectivity index (χ0n) is 18.4. The summed E-state index contributed by atoms with van der Waals surface area (Å²) >= 11 is 0. The van der Waals surface area contributed by atoms with Crippen LogP contribution in [-0.2, 0) is 13.5 Å². The lowest BCUT2D eigenvalue weighted by Gasteiger charge is -2.13. The SMILES string of the molecule is Cc1cc(C)c(C)c(-c2c3c(nc[n+]2C)C=C(c2cnc(C4CCCC4)cn2)C3)c1. The van der Waals surface area contributed by atoms with E-state index in [0.29, 0.717) is 5.92 Å². The molecule has 30 heavy (non-hydrogen) atoms. The fraction of sp³-hybridized carbons (Fsp3) is 0.385. The van der Waals surface area contributed by atoms with E-state index in [2.05, 4.69) is 50.6 Å². The maximum Gasteiger partial charge on any atom is 0.287 e. The molecule has 0 atom stereocenters. The Labute approximate surface area is 178 Å². The summed E-state index contributed by atoms with van der Waals surface area (Å²) < 4.78 is 2.16. The molecule has 0 spiro atoms. The van der Waals surface area contributed by atoms with Gasteiger partial charge >= 0.3 is 0 Å². The molecule has 1 fully saturated rings. The molecule has 0 bridgehead atoms. The Kier molecular flexibility index (Phi) is 4.73. The highest BCUT2D eigenvalue weighted by atomic mass is 15.0. The minimum Gasteiger partial charge on any atom is -0.257 e. The van der Waals surface area contributed by atoms with E-state index in [1.807, 2.05) is 18.7 Å². The maximum atomic E-state index is 4.79. The van der Waals surface area contributed by atoms with Crippen LogP contribution in [0.25, 0.3) is 22.9 Å². The summed E-state index contributed by atoms with van der Waals surface area (Å²) in [6, 6.07) is 4.55. The highest BCUT2D eigenvalue weighted by molar-refractivity contribution is 5.88. The van der Waals surface area contributed by atoms with Gasteiger partial charge in [-0.3, -0.25) is 9.97 Å². The molecular formula is C26H29N4+. The number of hydrogen-bond donors (Lipinski definition) is 0. The lowest BCUT2D eigenvalue weighted by molar-refractivity contribution is -0.663. The second-order valence-corrected chi connectivity index (χ2v) is 8.98. The van der Waals surface area contributed by atoms with Gasteiger partial charge in [0.2, 0.25) is 0 Å². The molecule has 0 aliphatic heterocycles. The molecule has 0 amide bonds. The maximum absolute atomic E-state index is 4.79. The van der Waals surface area contributed by atoms with Crippen molar-refractivity contribution in [3.05, 3.63) is 70.2 Å². The average Bonchev–Trinajstić information content (AvgIpc) is 3.41. The van der Waals surface area contributed by atoms with Crippen molar-refractivity contribution in [2.75, 3.05) is 0 Å². The first-order valence-corrected chi connectivity index (χ1v) is 11.0. The van der Waals surface area contributed by atoms with Gasteiger partial charge in [0.15, 0.2) is 5.69 Å². The first-order valence-electron chi connectivity index (χ1n) is 11.0. The fourth-order valence-corrected chi connectivity index (χ4v) is 5.06. The van der Waals surface area contributed by atoms with Gasteiger partial charge in [-0.2, -0.15) is 0 Å². The summed E-state index contributed by atoms with van der Waals surface area (Å²) in [7, 11) is 2.09. The number of rotatable bonds is 3. The van der Waals surface area contributed by atoms with Crippen LogP contribution < -0.4 is 4.57 Å². The predicted octanol–water partition coefficient (Wildman–Crippen LogP) is 5.04. The molecule has 2 aromatic heterocycles. The fourth-order valence-electron chi connectivity index (χ4n) is 5.06. The Morgan fingerprint density at radius 1 is 0.967 bits per heavy atom. The summed E-state index contributed by atoms with van der Waals surface area (Å²) in [5.74, 6) is 0.598. The van der Waals surface area contributed by atoms with Crippen molar-refractivity contribution in [1.29, 1.82) is 0 Å². The monoisotopic (exact) mass is 397 g/mol. The minimum absolute atomic E-state index is 0.598. The predicted molar refractivity (Wildman–Crippen MR) is 120 cm³/mol. The minimum atomic E-state index is 0.598. The molecule has 1 aromatic carbocycles. The first kappa shape index (κ1) is 19.1. The Bertz CT molecular complexity index is 1150. The summed E-state index contributed by atoms with van der Waals surface area (Å²) in [5.41, 5.74) is 12.2. The molecule has 2 heterocycles. The van der Waals surface area contributed by atoms with E-state index < -0.39 is 0 Å². The van der Waals surface area contributed by atoms with E-state index >= 15 is 0 Å². The number of benzene rings is 1. The lowest BCUT2D eigenvalue weighted by Crippen LogP contribution is -2.33. The Hall–Kier alpha value is -2.88. The van der Waals surface area contributed by atoms with Gasteiger partial charge in [-0.05, 0) is 67.4 Å². The third-order valence-electron chi connectivity index (χ3n) is 6.84. The number of aromatic nitrogens is 4. The largest absolute Gasteiger partial charge is 0.287 e. The third kappa shape index (κ3) is 3.24. The number of allylic oxidation sites excluding steroid dienone is 1. The van der Waals surface area contributed by atoms with Gasteiger partial charge in [-0.25, -0.2) is 4.57 Å². The quantitative estimate of drug-likeness (QED) is 0.581. The van der Waals surface area contributed by atoms with Gasteiger partial charge in [0, 0.05) is 24.1 Å². The van der Waals surface area contributed by atoms with Crippen LogP contribution in [-0.4, -0.2) is 15.0 Å². The van der Waals surface area contributed by atoms with E-state index in [4.69, 9.17) is 15.0 Å². The summed E-state index contributed by atoms with van der Waals surface area (Å²) in [5, 5.41) is 0. The van der Waals surface area contributed by atoms with Crippen LogP contribution in [0.2, 0.25) is 0 Å². The van der Waals surface area contributed by atoms with Crippen molar-refractivity contribution >= 4 is 11.6 Å². The number of aryl methyl sites for hydroxylation is 3. The topological polar surface area (TPSA) is 42.5 Å². The Morgan fingerprint density at radius 2 is 1.77 bits per heavy atom. The highest BCUT2D eigenvalue weighted by Gasteiger charge is 2.28. The molecule has 4 heteroatoms. The van der Waals surface area contributed by atoms with Crippen LogP contribution in [0.3, 0.4) is 0 Å². The molecule has 3 aromatic rings. The Morgan fingerprint density at radius 3 is 2.50 bits per heavy atom. The van der Waals surface area contributed by atoms with Crippen molar-refractivity contribution in [2.45, 2.75) is 58.8 Å². The van der Waals surface area contributed by atoms with Gasteiger partial charge in [-0.15, -0.1) is 0 Å². The molecule has 0 saturated heterocycles. The van der Waals surface area contributed by atoms with Crippen LogP contribution in [0.15, 0.2) is 30.9 Å². The molecule has 2 aliphatic carbocycles. The zero-order valence-corrected chi connectivity index (χ0v) is 18.4. The van der Waals surface area contributed by atoms with Gasteiger partial charge in [0.05, 0.1) is 30.2 Å². The van der Waals surface area contributed by atoms with Crippen molar-refractivity contribution in [2.24, 2.45) is 7.05 Å². The van der Waals surface area contributed by atoms with Gasteiger partial charge in [0.1, 0.15) is 5.69 Å². The number of fused-ring (bicyclic) bond motifs is 1. The van der Waals surface area contributed by atoms with Crippen LogP contribution in [0.4, 0.5) is 0 Å². The molecular weight excluding hydrogens is 368 g/mol. The molecule has 5 rings (SSSR count). The molecule has 0 radical (unpaired) electrons. The Balaban J connectivity index is 1.51. The van der Waals surface area contributed by atoms with E-state index in [1.54, 1.807) is 0 Å². The second kappa shape index (κ2) is 7.42. The first-order chi connectivity index (χ1) is 14.5. The molecule has 0 unspecified atom stereocenters. The summed E-state index contributed by atoms with van der Waals surface area (Å²) in [6.07, 6.45) is 14.1. The zero-order chi connectivity index (χ0) is 20.8. The van der Waals surface area contributed by atoms with Crippen LogP contribution >= 0.6 is 0 Å². The molecule has 0 N–H and O–H groups in total. The third-order valence-corrected chi connectivity index (χ3v) is 6.84. The van der Waals surface area contributed by atoms with E-state index in [1.165, 1.54) is 64.8 Å². The van der Waals surface area contributed by atoms with Gasteiger partial charge in [-0.1, -0.05) is 24.5 Å². The molecule has 2 aliphatic rings. The molecule has 1 saturated carbocycles.